The minimum Gasteiger partial charge on any atom is -0.0622 e. The van der Waals surface area contributed by atoms with Crippen LogP contribution in [0, 0.1) is 0 Å². The van der Waals surface area contributed by atoms with Gasteiger partial charge in [-0.15, -0.1) is 0 Å². The van der Waals surface area contributed by atoms with E-state index >= 15 is 0 Å². The minimum atomic E-state index is -11.2. The largest absolute Gasteiger partial charge is 0.133 e. The summed E-state index contributed by atoms with van der Waals surface area (Å²) in [6.45, 7) is 0. The molecule has 0 saturated heterocycles. The Morgan fingerprint density at radius 1 is 0.643 bits per heavy atom. The Labute approximate surface area is 167 Å². The average Bonchev–Trinajstić information content (AvgIpc) is 2.61. The summed E-state index contributed by atoms with van der Waals surface area (Å²) >= 11 is -11.2. The number of hydrogen-bond donors (Lipinski definition) is 0. The zero-order valence-corrected chi connectivity index (χ0v) is 18.8. The second-order valence-corrected chi connectivity index (χ2v) is 14.8. The van der Waals surface area contributed by atoms with Crippen molar-refractivity contribution in [2.75, 3.05) is 0 Å². The Morgan fingerprint density at radius 2 is 1.00 bits per heavy atom. The molecule has 0 heterocycles. The maximum atomic E-state index is 9.93. The number of hydrogen-bond acceptors (Lipinski definition) is 0. The van der Waals surface area contributed by atoms with E-state index in [1.807, 2.05) is 0 Å². The summed E-state index contributed by atoms with van der Waals surface area (Å²) in [7, 11) is 0.487. The molecule has 0 radical (unpaired) electrons. The van der Waals surface area contributed by atoms with Gasteiger partial charge in [0.15, 0.2) is 0 Å². The van der Waals surface area contributed by atoms with Crippen molar-refractivity contribution >= 4 is 30.4 Å². The van der Waals surface area contributed by atoms with Crippen molar-refractivity contribution in [2.24, 2.45) is 0 Å². The van der Waals surface area contributed by atoms with Crippen LogP contribution in [-0.4, -0.2) is 24.7 Å². The molecule has 0 aromatic heterocycles. The molecule has 1 fully saturated rings. The fourth-order valence-corrected chi connectivity index (χ4v) is 6.08. The summed E-state index contributed by atoms with van der Waals surface area (Å²) in [6.07, 6.45) is 7.23. The Kier molecular flexibility index (Phi) is 7.47. The number of benzene rings is 2. The first-order chi connectivity index (χ1) is 12.9. The molecule has 0 atom stereocenters. The summed E-state index contributed by atoms with van der Waals surface area (Å²) in [5.41, 5.74) is 3.03. The van der Waals surface area contributed by atoms with Crippen LogP contribution in [0.3, 0.4) is 0 Å². The van der Waals surface area contributed by atoms with E-state index in [4.69, 9.17) is 0 Å². The van der Waals surface area contributed by atoms with E-state index in [2.05, 4.69) is 60.7 Å². The molecule has 2 aromatic rings. The van der Waals surface area contributed by atoms with Gasteiger partial charge in [-0.05, 0) is 36.6 Å². The summed E-state index contributed by atoms with van der Waals surface area (Å²) < 4.78 is 59.6. The van der Waals surface area contributed by atoms with Crippen molar-refractivity contribution in [1.82, 2.24) is 0 Å². The van der Waals surface area contributed by atoms with E-state index in [1.165, 1.54) is 54.7 Å². The van der Waals surface area contributed by atoms with Crippen molar-refractivity contribution < 1.29 is 16.9 Å². The summed E-state index contributed by atoms with van der Waals surface area (Å²) in [5, 5.41) is 0.944. The summed E-state index contributed by atoms with van der Waals surface area (Å²) in [5.74, 6) is 2.53. The predicted octanol–water partition coefficient (Wildman–Crippen LogP) is 7.48. The van der Waals surface area contributed by atoms with Crippen LogP contribution in [0.2, 0.25) is 0 Å². The number of rotatable bonds is 5. The van der Waals surface area contributed by atoms with Crippen LogP contribution in [0.5, 0.6) is 0 Å². The van der Waals surface area contributed by atoms with Gasteiger partial charge in [-0.2, -0.15) is 0 Å². The maximum absolute atomic E-state index is 11.2. The first-order valence-electron chi connectivity index (χ1n) is 9.17. The van der Waals surface area contributed by atoms with Crippen molar-refractivity contribution in [3.8, 4) is 0 Å². The van der Waals surface area contributed by atoms with Gasteiger partial charge < -0.3 is 0 Å². The molecule has 1 aliphatic carbocycles. The maximum Gasteiger partial charge on any atom is 0.133 e. The molecule has 28 heavy (non-hydrogen) atoms. The van der Waals surface area contributed by atoms with Gasteiger partial charge in [0.1, 0.15) is 16.8 Å². The Hall–Kier alpha value is -0.812. The monoisotopic (exact) mass is 532 g/mol. The average molecular weight is 533 g/mol. The van der Waals surface area contributed by atoms with E-state index in [9.17, 15) is 16.9 Å². The zero-order chi connectivity index (χ0) is 20.7. The zero-order valence-electron chi connectivity index (χ0n) is 15.4. The third-order valence-electron chi connectivity index (χ3n) is 4.41. The molecule has 0 spiro atoms. The Bertz CT molecular complexity index is 660. The third kappa shape index (κ3) is 11.9. The van der Waals surface area contributed by atoms with Crippen molar-refractivity contribution in [1.29, 1.82) is 0 Å². The first-order valence-corrected chi connectivity index (χ1v) is 16.6. The van der Waals surface area contributed by atoms with E-state index < -0.39 is 19.5 Å². The molecule has 3 rings (SSSR count). The van der Waals surface area contributed by atoms with Gasteiger partial charge in [0.2, 0.25) is 0 Å². The molecular formula is C20H25F6SSb. The van der Waals surface area contributed by atoms with Gasteiger partial charge in [-0.3, -0.25) is 0 Å². The van der Waals surface area contributed by atoms with E-state index in [0.717, 1.165) is 5.25 Å². The van der Waals surface area contributed by atoms with Crippen LogP contribution in [-0.2, 0) is 22.4 Å². The molecule has 1 aliphatic rings. The topological polar surface area (TPSA) is 0 Å². The molecular weight excluding hydrogens is 508 g/mol. The van der Waals surface area contributed by atoms with E-state index in [-0.39, 0.29) is 0 Å². The SMILES string of the molecule is [F][Sb-]([F])([F])([F])([F])[F].c1ccc(C[S+](Cc2ccccc2)C2CCCCC2)cc1. The quantitative estimate of drug-likeness (QED) is 0.213. The van der Waals surface area contributed by atoms with E-state index in [1.54, 1.807) is 0 Å². The molecule has 8 heteroatoms. The molecule has 2 aromatic carbocycles. The van der Waals surface area contributed by atoms with Crippen LogP contribution in [0.1, 0.15) is 43.2 Å². The van der Waals surface area contributed by atoms with Crippen molar-refractivity contribution in [2.45, 2.75) is 48.9 Å². The molecule has 1 saturated carbocycles. The molecule has 0 aliphatic heterocycles. The molecule has 0 bridgehead atoms. The van der Waals surface area contributed by atoms with Crippen molar-refractivity contribution in [3.05, 3.63) is 71.8 Å². The third-order valence-corrected chi connectivity index (χ3v) is 7.24. The second kappa shape index (κ2) is 8.91. The molecule has 0 amide bonds. The first kappa shape index (κ1) is 23.5. The standard InChI is InChI=1S/C20H25S.6FH.Sb/c1-4-10-18(11-5-1)16-21(20-14-8-3-9-15-20)17-19-12-6-2-7-13-19;;;;;;;/h1-2,4-7,10-13,20H,3,8-9,14-17H2;6*1H;/q+1;;;;;;;+5/p-6. The van der Waals surface area contributed by atoms with Gasteiger partial charge >= 0.3 is 36.4 Å². The fourth-order valence-electron chi connectivity index (χ4n) is 3.26. The normalized spacial score (nSPS) is 18.0. The van der Waals surface area contributed by atoms with Gasteiger partial charge in [-0.25, -0.2) is 0 Å². The second-order valence-electron chi connectivity index (χ2n) is 7.02. The van der Waals surface area contributed by atoms with Crippen LogP contribution in [0.4, 0.5) is 16.9 Å². The molecule has 0 nitrogen and oxygen atoms in total. The van der Waals surface area contributed by atoms with Gasteiger partial charge in [-0.1, -0.05) is 67.1 Å². The van der Waals surface area contributed by atoms with E-state index in [0.29, 0.717) is 10.9 Å². The van der Waals surface area contributed by atoms with Gasteiger partial charge in [0.25, 0.3) is 0 Å². The number of halogens is 6. The Morgan fingerprint density at radius 3 is 1.36 bits per heavy atom. The predicted molar refractivity (Wildman–Crippen MR) is 107 cm³/mol. The Balaban J connectivity index is 0.000000345. The van der Waals surface area contributed by atoms with Crippen LogP contribution >= 0.6 is 0 Å². The van der Waals surface area contributed by atoms with Crippen LogP contribution in [0.15, 0.2) is 60.7 Å². The summed E-state index contributed by atoms with van der Waals surface area (Å²) in [6, 6.07) is 22.2. The molecule has 0 unspecified atom stereocenters. The minimum absolute atomic E-state index is 0.487. The van der Waals surface area contributed by atoms with Gasteiger partial charge in [0.05, 0.1) is 0 Å². The van der Waals surface area contributed by atoms with Gasteiger partial charge in [0, 0.05) is 11.1 Å². The smallest absolute Gasteiger partial charge is 0.0622 e. The molecule has 158 valence electrons. The molecule has 0 N–H and O–H groups in total. The van der Waals surface area contributed by atoms with Crippen LogP contribution < -0.4 is 0 Å². The fraction of sp³-hybridized carbons (Fsp3) is 0.400. The summed E-state index contributed by atoms with van der Waals surface area (Å²) in [4.78, 5) is 0. The van der Waals surface area contributed by atoms with Crippen molar-refractivity contribution in [3.63, 3.8) is 0 Å². The van der Waals surface area contributed by atoms with Crippen LogP contribution in [0.25, 0.3) is 0 Å².